The van der Waals surface area contributed by atoms with Gasteiger partial charge in [0, 0.05) is 24.0 Å². The van der Waals surface area contributed by atoms with Gasteiger partial charge in [0.1, 0.15) is 0 Å². The Morgan fingerprint density at radius 2 is 1.51 bits per heavy atom. The van der Waals surface area contributed by atoms with Gasteiger partial charge in [-0.2, -0.15) is 26.3 Å². The molecule has 0 saturated carbocycles. The van der Waals surface area contributed by atoms with Gasteiger partial charge in [0.25, 0.3) is 5.91 Å². The van der Waals surface area contributed by atoms with E-state index in [1.807, 2.05) is 0 Å². The average Bonchev–Trinajstić information content (AvgIpc) is 2.98. The number of hydrogen-bond acceptors (Lipinski definition) is 4. The molecule has 0 spiro atoms. The van der Waals surface area contributed by atoms with E-state index in [1.165, 1.54) is 0 Å². The van der Waals surface area contributed by atoms with Crippen molar-refractivity contribution in [2.24, 2.45) is 16.8 Å². The van der Waals surface area contributed by atoms with Gasteiger partial charge in [-0.3, -0.25) is 14.4 Å². The van der Waals surface area contributed by atoms with Crippen LogP contribution in [0.4, 0.5) is 32.0 Å². The summed E-state index contributed by atoms with van der Waals surface area (Å²) in [6, 6.07) is 15.2. The van der Waals surface area contributed by atoms with Crippen LogP contribution in [0.5, 0.6) is 0 Å². The molecule has 0 aliphatic carbocycles. The highest BCUT2D eigenvalue weighted by Gasteiger charge is 2.39. The van der Waals surface area contributed by atoms with E-state index in [1.54, 1.807) is 54.6 Å². The van der Waals surface area contributed by atoms with E-state index in [0.29, 0.717) is 16.8 Å². The summed E-state index contributed by atoms with van der Waals surface area (Å²) in [6.07, 6.45) is -16.3. The minimum Gasteiger partial charge on any atom is -0.481 e. The van der Waals surface area contributed by atoms with Gasteiger partial charge in [0.2, 0.25) is 12.1 Å². The third-order valence-corrected chi connectivity index (χ3v) is 6.13. The SMILES string of the molecule is O=C1Nc2ccccc2C(c2ccccc2)=N[C@@H]1NC(=O)[C@H](CCCC(F)(F)F)[C@@H](CCC(F)(F)F)C(=O)O. The van der Waals surface area contributed by atoms with Crippen LogP contribution in [0.1, 0.15) is 43.2 Å². The normalized spacial score (nSPS) is 17.2. The largest absolute Gasteiger partial charge is 0.481 e. The molecule has 3 N–H and O–H groups in total. The van der Waals surface area contributed by atoms with Gasteiger partial charge in [-0.1, -0.05) is 48.5 Å². The number of rotatable bonds is 10. The summed E-state index contributed by atoms with van der Waals surface area (Å²) in [4.78, 5) is 42.4. The van der Waals surface area contributed by atoms with Gasteiger partial charge in [-0.15, -0.1) is 0 Å². The number of anilines is 1. The molecule has 7 nitrogen and oxygen atoms in total. The van der Waals surface area contributed by atoms with Crippen molar-refractivity contribution in [3.05, 3.63) is 65.7 Å². The van der Waals surface area contributed by atoms with Crippen LogP contribution < -0.4 is 10.6 Å². The Morgan fingerprint density at radius 3 is 2.13 bits per heavy atom. The molecule has 2 amide bonds. The molecule has 0 fully saturated rings. The molecule has 1 heterocycles. The molecule has 13 heteroatoms. The standard InChI is InChI=1S/C26H25F6N3O4/c27-25(28,29)13-6-10-16(17(24(38)39)12-14-26(30,31)32)22(36)35-21-23(37)33-19-11-5-4-9-18(19)20(34-21)15-7-2-1-3-8-15/h1-5,7-9,11,16-17,21H,6,10,12-14H2,(H,33,37)(H,35,36)(H,38,39)/t16-,17-,21-/m1/s1. The Kier molecular flexibility index (Phi) is 9.36. The third-order valence-electron chi connectivity index (χ3n) is 6.13. The quantitative estimate of drug-likeness (QED) is 0.344. The maximum atomic E-state index is 13.2. The number of para-hydroxylation sites is 1. The minimum atomic E-state index is -4.75. The molecule has 0 radical (unpaired) electrons. The van der Waals surface area contributed by atoms with E-state index >= 15 is 0 Å². The number of benzodiazepines with no additional fused rings is 1. The molecule has 3 atom stereocenters. The molecule has 0 bridgehead atoms. The zero-order valence-electron chi connectivity index (χ0n) is 20.4. The molecule has 1 aliphatic rings. The number of nitrogens with one attached hydrogen (secondary N) is 2. The highest BCUT2D eigenvalue weighted by Crippen LogP contribution is 2.32. The maximum absolute atomic E-state index is 13.2. The molecule has 0 saturated heterocycles. The lowest BCUT2D eigenvalue weighted by Crippen LogP contribution is -2.47. The lowest BCUT2D eigenvalue weighted by atomic mass is 9.83. The van der Waals surface area contributed by atoms with Crippen LogP contribution in [0.25, 0.3) is 0 Å². The molecule has 0 unspecified atom stereocenters. The van der Waals surface area contributed by atoms with Crippen LogP contribution in [-0.2, 0) is 14.4 Å². The molecular formula is C26H25F6N3O4. The fourth-order valence-corrected chi connectivity index (χ4v) is 4.28. The second kappa shape index (κ2) is 12.3. The Hall–Kier alpha value is -3.90. The fourth-order valence-electron chi connectivity index (χ4n) is 4.28. The van der Waals surface area contributed by atoms with Crippen LogP contribution in [0, 0.1) is 11.8 Å². The number of amides is 2. The summed E-state index contributed by atoms with van der Waals surface area (Å²) in [5, 5.41) is 14.4. The number of benzene rings is 2. The van der Waals surface area contributed by atoms with Crippen molar-refractivity contribution in [2.75, 3.05) is 5.32 Å². The van der Waals surface area contributed by atoms with Gasteiger partial charge < -0.3 is 15.7 Å². The smallest absolute Gasteiger partial charge is 0.389 e. The number of aliphatic imine (C=N–C) groups is 1. The van der Waals surface area contributed by atoms with E-state index in [-0.39, 0.29) is 5.71 Å². The molecule has 0 aromatic heterocycles. The van der Waals surface area contributed by atoms with Gasteiger partial charge in [-0.05, 0) is 25.3 Å². The van der Waals surface area contributed by atoms with Crippen molar-refractivity contribution in [1.82, 2.24) is 5.32 Å². The summed E-state index contributed by atoms with van der Waals surface area (Å²) in [6.45, 7) is 0. The predicted molar refractivity (Wildman–Crippen MR) is 129 cm³/mol. The molecule has 210 valence electrons. The zero-order chi connectivity index (χ0) is 28.8. The first-order valence-corrected chi connectivity index (χ1v) is 12.0. The highest BCUT2D eigenvalue weighted by atomic mass is 19.4. The average molecular weight is 557 g/mol. The highest BCUT2D eigenvalue weighted by molar-refractivity contribution is 6.19. The maximum Gasteiger partial charge on any atom is 0.389 e. The first-order chi connectivity index (χ1) is 18.2. The second-order valence-electron chi connectivity index (χ2n) is 9.00. The van der Waals surface area contributed by atoms with Gasteiger partial charge >= 0.3 is 18.3 Å². The number of carbonyl (C=O) groups is 3. The van der Waals surface area contributed by atoms with Crippen molar-refractivity contribution in [2.45, 2.75) is 50.6 Å². The van der Waals surface area contributed by atoms with Crippen LogP contribution in [-0.4, -0.2) is 47.1 Å². The number of carboxylic acid groups (broad SMARTS) is 1. The molecule has 2 aromatic rings. The van der Waals surface area contributed by atoms with Crippen LogP contribution in [0.2, 0.25) is 0 Å². The lowest BCUT2D eigenvalue weighted by molar-refractivity contribution is -0.155. The summed E-state index contributed by atoms with van der Waals surface area (Å²) in [5.41, 5.74) is 1.72. The predicted octanol–water partition coefficient (Wildman–Crippen LogP) is 5.31. The number of carboxylic acids is 1. The summed E-state index contributed by atoms with van der Waals surface area (Å²) < 4.78 is 76.7. The second-order valence-corrected chi connectivity index (χ2v) is 9.00. The Bertz CT molecular complexity index is 1210. The van der Waals surface area contributed by atoms with Crippen molar-refractivity contribution < 1.29 is 45.8 Å². The van der Waals surface area contributed by atoms with E-state index in [4.69, 9.17) is 0 Å². The number of nitrogens with zero attached hydrogens (tertiary/aromatic N) is 1. The van der Waals surface area contributed by atoms with Crippen molar-refractivity contribution in [3.63, 3.8) is 0 Å². The van der Waals surface area contributed by atoms with Crippen LogP contribution in [0.3, 0.4) is 0 Å². The van der Waals surface area contributed by atoms with Crippen molar-refractivity contribution in [3.8, 4) is 0 Å². The summed E-state index contributed by atoms with van der Waals surface area (Å²) >= 11 is 0. The van der Waals surface area contributed by atoms with Gasteiger partial charge in [0.15, 0.2) is 0 Å². The first kappa shape index (κ1) is 29.7. The number of fused-ring (bicyclic) bond motifs is 1. The Morgan fingerprint density at radius 1 is 0.897 bits per heavy atom. The Labute approximate surface area is 219 Å². The van der Waals surface area contributed by atoms with E-state index in [2.05, 4.69) is 15.6 Å². The number of carbonyl (C=O) groups excluding carboxylic acids is 2. The number of halogens is 6. The fraction of sp³-hybridized carbons (Fsp3) is 0.385. The van der Waals surface area contributed by atoms with E-state index in [0.717, 1.165) is 0 Å². The first-order valence-electron chi connectivity index (χ1n) is 12.0. The summed E-state index contributed by atoms with van der Waals surface area (Å²) in [5.74, 6) is -7.49. The van der Waals surface area contributed by atoms with Crippen LogP contribution >= 0.6 is 0 Å². The molecule has 2 aromatic carbocycles. The van der Waals surface area contributed by atoms with Gasteiger partial charge in [-0.25, -0.2) is 4.99 Å². The van der Waals surface area contributed by atoms with Crippen molar-refractivity contribution >= 4 is 29.2 Å². The van der Waals surface area contributed by atoms with E-state index in [9.17, 15) is 45.8 Å². The number of aliphatic carboxylic acids is 1. The van der Waals surface area contributed by atoms with Crippen molar-refractivity contribution in [1.29, 1.82) is 0 Å². The van der Waals surface area contributed by atoms with E-state index < -0.39 is 80.2 Å². The minimum absolute atomic E-state index is 0.287. The summed E-state index contributed by atoms with van der Waals surface area (Å²) in [7, 11) is 0. The molecule has 39 heavy (non-hydrogen) atoms. The molecule has 3 rings (SSSR count). The Balaban J connectivity index is 1.94. The lowest BCUT2D eigenvalue weighted by Gasteiger charge is -2.25. The van der Waals surface area contributed by atoms with Crippen LogP contribution in [0.15, 0.2) is 59.6 Å². The molecular weight excluding hydrogens is 532 g/mol. The third kappa shape index (κ3) is 8.55. The topological polar surface area (TPSA) is 108 Å². The zero-order valence-corrected chi connectivity index (χ0v) is 20.4. The van der Waals surface area contributed by atoms with Gasteiger partial charge in [0.05, 0.1) is 23.2 Å². The number of alkyl halides is 6. The number of hydrogen-bond donors (Lipinski definition) is 3. The molecule has 1 aliphatic heterocycles. The monoisotopic (exact) mass is 557 g/mol.